The van der Waals surface area contributed by atoms with E-state index in [0.29, 0.717) is 23.9 Å². The highest BCUT2D eigenvalue weighted by atomic mass is 19.1. The second-order valence-corrected chi connectivity index (χ2v) is 8.64. The zero-order chi connectivity index (χ0) is 22.2. The number of nitrogens with zero attached hydrogens (tertiary/aromatic N) is 4. The molecule has 0 unspecified atom stereocenters. The van der Waals surface area contributed by atoms with Crippen molar-refractivity contribution in [1.82, 2.24) is 19.7 Å². The Bertz CT molecular complexity index is 1180. The van der Waals surface area contributed by atoms with Crippen LogP contribution in [0.15, 0.2) is 49.3 Å². The number of anilines is 1. The van der Waals surface area contributed by atoms with Crippen molar-refractivity contribution in [3.63, 3.8) is 0 Å². The molecule has 2 fully saturated rings. The molecule has 2 aliphatic rings. The molecular formula is C25H28FN5O. The molecule has 1 saturated heterocycles. The Morgan fingerprint density at radius 3 is 2.69 bits per heavy atom. The lowest BCUT2D eigenvalue weighted by Gasteiger charge is -2.39. The average Bonchev–Trinajstić information content (AvgIpc) is 3.54. The summed E-state index contributed by atoms with van der Waals surface area (Å²) in [5.41, 5.74) is 4.07. The Kier molecular flexibility index (Phi) is 5.25. The molecule has 7 heteroatoms. The molecule has 1 amide bonds. The molecule has 5 rings (SSSR count). The van der Waals surface area contributed by atoms with Crippen molar-refractivity contribution in [2.45, 2.75) is 19.4 Å². The van der Waals surface area contributed by atoms with E-state index in [0.717, 1.165) is 48.3 Å². The predicted molar refractivity (Wildman–Crippen MR) is 125 cm³/mol. The Hall–Kier alpha value is -3.48. The average molecular weight is 434 g/mol. The molecule has 166 valence electrons. The number of halogens is 1. The SMILES string of the molecule is C=Cc1ccc(-c2ccc(-c3nncn3CC3CN(C(=O)C4CC4)C3)c(F)c2)cc1NC.[HH]. The van der Waals surface area contributed by atoms with E-state index in [1.54, 1.807) is 18.5 Å². The molecule has 1 saturated carbocycles. The Morgan fingerprint density at radius 1 is 1.25 bits per heavy atom. The zero-order valence-electron chi connectivity index (χ0n) is 18.1. The molecule has 0 spiro atoms. The van der Waals surface area contributed by atoms with Gasteiger partial charge in [-0.2, -0.15) is 0 Å². The topological polar surface area (TPSA) is 63.1 Å². The van der Waals surface area contributed by atoms with Gasteiger partial charge in [0.2, 0.25) is 5.91 Å². The summed E-state index contributed by atoms with van der Waals surface area (Å²) >= 11 is 0. The van der Waals surface area contributed by atoms with Gasteiger partial charge in [0.15, 0.2) is 5.82 Å². The summed E-state index contributed by atoms with van der Waals surface area (Å²) in [6.45, 7) is 6.00. The van der Waals surface area contributed by atoms with Crippen LogP contribution in [-0.2, 0) is 11.3 Å². The van der Waals surface area contributed by atoms with Crippen LogP contribution in [0.3, 0.4) is 0 Å². The van der Waals surface area contributed by atoms with Crippen LogP contribution in [0.5, 0.6) is 0 Å². The third kappa shape index (κ3) is 3.79. The van der Waals surface area contributed by atoms with Crippen LogP contribution < -0.4 is 5.32 Å². The van der Waals surface area contributed by atoms with Crippen LogP contribution in [0.25, 0.3) is 28.6 Å². The van der Waals surface area contributed by atoms with Gasteiger partial charge in [-0.1, -0.05) is 30.9 Å². The normalized spacial score (nSPS) is 16.0. The van der Waals surface area contributed by atoms with E-state index in [-0.39, 0.29) is 19.1 Å². The Balaban J connectivity index is 0.00000259. The van der Waals surface area contributed by atoms with Gasteiger partial charge in [-0.15, -0.1) is 10.2 Å². The molecule has 3 aromatic rings. The number of nitrogens with one attached hydrogen (secondary N) is 1. The van der Waals surface area contributed by atoms with Crippen LogP contribution in [0.1, 0.15) is 19.8 Å². The Labute approximate surface area is 188 Å². The van der Waals surface area contributed by atoms with E-state index in [1.165, 1.54) is 6.07 Å². The standard InChI is InChI=1S/C25H26FN5O.H2/c1-3-17-4-7-20(11-23(17)27-2)19-8-9-21(22(26)10-19)24-29-28-15-31(24)14-16-12-30(13-16)25(32)18-5-6-18;/h3-4,7-11,15-16,18,27H,1,5-6,12-14H2,2H3;1H. The fourth-order valence-electron chi connectivity index (χ4n) is 4.34. The molecule has 32 heavy (non-hydrogen) atoms. The fourth-order valence-corrected chi connectivity index (χ4v) is 4.34. The van der Waals surface area contributed by atoms with E-state index in [1.807, 2.05) is 40.8 Å². The summed E-state index contributed by atoms with van der Waals surface area (Å²) in [4.78, 5) is 14.1. The molecular weight excluding hydrogens is 405 g/mol. The first-order chi connectivity index (χ1) is 15.6. The van der Waals surface area contributed by atoms with Crippen molar-refractivity contribution in [3.8, 4) is 22.5 Å². The molecule has 1 aromatic heterocycles. The lowest BCUT2D eigenvalue weighted by molar-refractivity contribution is -0.139. The maximum Gasteiger partial charge on any atom is 0.225 e. The third-order valence-corrected chi connectivity index (χ3v) is 6.35. The van der Waals surface area contributed by atoms with Gasteiger partial charge in [-0.3, -0.25) is 4.79 Å². The van der Waals surface area contributed by atoms with E-state index in [4.69, 9.17) is 0 Å². The van der Waals surface area contributed by atoms with Gasteiger partial charge in [0.05, 0.1) is 5.56 Å². The molecule has 6 nitrogen and oxygen atoms in total. The molecule has 1 aliphatic heterocycles. The third-order valence-electron chi connectivity index (χ3n) is 6.35. The number of likely N-dealkylation sites (tertiary alicyclic amines) is 1. The summed E-state index contributed by atoms with van der Waals surface area (Å²) in [6, 6.07) is 11.1. The van der Waals surface area contributed by atoms with Crippen LogP contribution in [0.2, 0.25) is 0 Å². The van der Waals surface area contributed by atoms with Gasteiger partial charge in [0.1, 0.15) is 12.1 Å². The monoisotopic (exact) mass is 433 g/mol. The van der Waals surface area contributed by atoms with Crippen molar-refractivity contribution in [3.05, 3.63) is 60.7 Å². The first-order valence-corrected chi connectivity index (χ1v) is 11.0. The summed E-state index contributed by atoms with van der Waals surface area (Å²) in [6.07, 6.45) is 5.48. The second-order valence-electron chi connectivity index (χ2n) is 8.64. The van der Waals surface area contributed by atoms with Crippen LogP contribution >= 0.6 is 0 Å². The molecule has 0 atom stereocenters. The van der Waals surface area contributed by atoms with Gasteiger partial charge in [0, 0.05) is 45.6 Å². The predicted octanol–water partition coefficient (Wildman–Crippen LogP) is 4.55. The fraction of sp³-hybridized carbons (Fsp3) is 0.320. The number of hydrogen-bond acceptors (Lipinski definition) is 4. The molecule has 1 N–H and O–H groups in total. The molecule has 2 aromatic carbocycles. The van der Waals surface area contributed by atoms with Crippen LogP contribution in [0, 0.1) is 17.7 Å². The van der Waals surface area contributed by atoms with Crippen molar-refractivity contribution >= 4 is 17.7 Å². The van der Waals surface area contributed by atoms with Gasteiger partial charge in [-0.05, 0) is 47.7 Å². The zero-order valence-corrected chi connectivity index (χ0v) is 18.1. The van der Waals surface area contributed by atoms with Gasteiger partial charge < -0.3 is 14.8 Å². The number of carbonyl (C=O) groups is 1. The van der Waals surface area contributed by atoms with Gasteiger partial charge >= 0.3 is 0 Å². The highest BCUT2D eigenvalue weighted by Gasteiger charge is 2.39. The minimum absolute atomic E-state index is 0. The quantitative estimate of drug-likeness (QED) is 0.594. The minimum atomic E-state index is -0.338. The summed E-state index contributed by atoms with van der Waals surface area (Å²) in [7, 11) is 1.85. The van der Waals surface area contributed by atoms with E-state index >= 15 is 4.39 Å². The summed E-state index contributed by atoms with van der Waals surface area (Å²) in [5.74, 6) is 1.06. The number of hydrogen-bond donors (Lipinski definition) is 1. The van der Waals surface area contributed by atoms with E-state index in [2.05, 4.69) is 22.1 Å². The molecule has 0 bridgehead atoms. The smallest absolute Gasteiger partial charge is 0.225 e. The van der Waals surface area contributed by atoms with Crippen molar-refractivity contribution in [2.24, 2.45) is 11.8 Å². The van der Waals surface area contributed by atoms with Crippen molar-refractivity contribution in [2.75, 3.05) is 25.5 Å². The van der Waals surface area contributed by atoms with Crippen molar-refractivity contribution < 1.29 is 10.6 Å². The first kappa shape index (κ1) is 20.4. The van der Waals surface area contributed by atoms with E-state index < -0.39 is 0 Å². The lowest BCUT2D eigenvalue weighted by Crippen LogP contribution is -2.51. The molecule has 2 heterocycles. The maximum atomic E-state index is 15.1. The number of amides is 1. The maximum absolute atomic E-state index is 15.1. The molecule has 0 radical (unpaired) electrons. The number of aromatic nitrogens is 3. The largest absolute Gasteiger partial charge is 0.388 e. The highest BCUT2D eigenvalue weighted by molar-refractivity contribution is 5.81. The van der Waals surface area contributed by atoms with Gasteiger partial charge in [0.25, 0.3) is 0 Å². The van der Waals surface area contributed by atoms with E-state index in [9.17, 15) is 4.79 Å². The van der Waals surface area contributed by atoms with Crippen LogP contribution in [-0.4, -0.2) is 45.7 Å². The van der Waals surface area contributed by atoms with Crippen molar-refractivity contribution in [1.29, 1.82) is 0 Å². The Morgan fingerprint density at radius 2 is 2.00 bits per heavy atom. The highest BCUT2D eigenvalue weighted by Crippen LogP contribution is 2.34. The summed E-state index contributed by atoms with van der Waals surface area (Å²) < 4.78 is 17.0. The number of carbonyl (C=O) groups excluding carboxylic acids is 1. The minimum Gasteiger partial charge on any atom is -0.388 e. The number of rotatable bonds is 7. The summed E-state index contributed by atoms with van der Waals surface area (Å²) in [5, 5.41) is 11.3. The van der Waals surface area contributed by atoms with Crippen LogP contribution in [0.4, 0.5) is 10.1 Å². The molecule has 1 aliphatic carbocycles. The second kappa shape index (κ2) is 8.22. The van der Waals surface area contributed by atoms with Gasteiger partial charge in [-0.25, -0.2) is 4.39 Å². The lowest BCUT2D eigenvalue weighted by atomic mass is 9.98. The first-order valence-electron chi connectivity index (χ1n) is 11.0. The number of benzene rings is 2.